The Kier molecular flexibility index (Phi) is 5.72. The number of aliphatic imine (C=N–C) groups is 1. The lowest BCUT2D eigenvalue weighted by molar-refractivity contribution is -0.385. The molecule has 0 heterocycles. The van der Waals surface area contributed by atoms with E-state index >= 15 is 0 Å². The van der Waals surface area contributed by atoms with E-state index in [1.54, 1.807) is 13.0 Å². The fourth-order valence-corrected chi connectivity index (χ4v) is 1.46. The number of para-hydroxylation sites is 1. The third-order valence-electron chi connectivity index (χ3n) is 2.30. The molecule has 0 atom stereocenters. The molecule has 0 aliphatic rings. The van der Waals surface area contributed by atoms with Crippen molar-refractivity contribution in [3.8, 4) is 5.75 Å². The van der Waals surface area contributed by atoms with E-state index in [1.807, 2.05) is 0 Å². The quantitative estimate of drug-likeness (QED) is 0.212. The summed E-state index contributed by atoms with van der Waals surface area (Å²) in [5.41, 5.74) is 0.120. The Balaban J connectivity index is 3.17. The molecule has 0 bridgehead atoms. The van der Waals surface area contributed by atoms with Gasteiger partial charge in [0.15, 0.2) is 5.84 Å². The molecule has 0 fully saturated rings. The van der Waals surface area contributed by atoms with Gasteiger partial charge in [-0.25, -0.2) is 4.99 Å². The van der Waals surface area contributed by atoms with Gasteiger partial charge in [0, 0.05) is 12.3 Å². The van der Waals surface area contributed by atoms with Crippen molar-refractivity contribution in [2.75, 3.05) is 6.61 Å². The molecule has 0 amide bonds. The highest BCUT2D eigenvalue weighted by atomic mass is 16.6. The van der Waals surface area contributed by atoms with E-state index in [2.05, 4.69) is 4.99 Å². The van der Waals surface area contributed by atoms with Gasteiger partial charge in [-0.05, 0) is 19.4 Å². The van der Waals surface area contributed by atoms with E-state index < -0.39 is 4.92 Å². The predicted molar refractivity (Wildman–Crippen MR) is 74.8 cm³/mol. The molecule has 0 saturated carbocycles. The summed E-state index contributed by atoms with van der Waals surface area (Å²) < 4.78 is 5.40. The van der Waals surface area contributed by atoms with Crippen LogP contribution in [-0.2, 0) is 0 Å². The Morgan fingerprint density at radius 1 is 1.63 bits per heavy atom. The molecule has 0 aromatic heterocycles. The third-order valence-corrected chi connectivity index (χ3v) is 2.30. The van der Waals surface area contributed by atoms with Crippen LogP contribution in [0.1, 0.15) is 18.9 Å². The second-order valence-electron chi connectivity index (χ2n) is 3.64. The lowest BCUT2D eigenvalue weighted by atomic mass is 10.0. The summed E-state index contributed by atoms with van der Waals surface area (Å²) in [6.45, 7) is 1.93. The summed E-state index contributed by atoms with van der Waals surface area (Å²) >= 11 is 0. The first kappa shape index (κ1) is 14.9. The van der Waals surface area contributed by atoms with Crippen LogP contribution in [0.25, 0.3) is 0 Å². The maximum Gasteiger partial charge on any atom is 0.311 e. The first-order valence-electron chi connectivity index (χ1n) is 5.79. The number of hydrogen-bond acceptors (Lipinski definition) is 4. The van der Waals surface area contributed by atoms with E-state index in [0.717, 1.165) is 0 Å². The van der Waals surface area contributed by atoms with Gasteiger partial charge < -0.3 is 4.74 Å². The number of nitrogens with one attached hydrogen (secondary N) is 1. The van der Waals surface area contributed by atoms with Crippen molar-refractivity contribution in [1.29, 1.82) is 5.41 Å². The highest BCUT2D eigenvalue weighted by molar-refractivity contribution is 6.08. The molecule has 1 N–H and O–H groups in total. The van der Waals surface area contributed by atoms with Crippen LogP contribution in [0.15, 0.2) is 23.2 Å². The fourth-order valence-electron chi connectivity index (χ4n) is 1.46. The Hall–Kier alpha value is -2.18. The zero-order chi connectivity index (χ0) is 14.3. The molecular weight excluding hydrogens is 245 g/mol. The number of benzene rings is 1. The molecule has 19 heavy (non-hydrogen) atoms. The maximum atomic E-state index is 11.0. The molecule has 7 heteroatoms. The Labute approximate surface area is 112 Å². The molecule has 98 valence electrons. The minimum absolute atomic E-state index is 0.0663. The van der Waals surface area contributed by atoms with Crippen molar-refractivity contribution in [3.63, 3.8) is 0 Å². The van der Waals surface area contributed by atoms with Crippen LogP contribution in [0.5, 0.6) is 5.75 Å². The van der Waals surface area contributed by atoms with Gasteiger partial charge in [-0.2, -0.15) is 0 Å². The van der Waals surface area contributed by atoms with Gasteiger partial charge in [-0.1, -0.05) is 12.4 Å². The summed E-state index contributed by atoms with van der Waals surface area (Å²) in [6.07, 6.45) is 2.46. The topological polar surface area (TPSA) is 88.6 Å². The largest absolute Gasteiger partial charge is 0.486 e. The fraction of sp³-hybridized carbons (Fsp3) is 0.333. The van der Waals surface area contributed by atoms with Gasteiger partial charge >= 0.3 is 5.69 Å². The number of nitrogens with zero attached hydrogens (tertiary/aromatic N) is 2. The number of nitro groups is 1. The van der Waals surface area contributed by atoms with E-state index in [0.29, 0.717) is 18.3 Å². The van der Waals surface area contributed by atoms with Crippen molar-refractivity contribution in [2.45, 2.75) is 19.7 Å². The second kappa shape index (κ2) is 7.30. The van der Waals surface area contributed by atoms with Crippen molar-refractivity contribution >= 4 is 25.6 Å². The Bertz CT molecular complexity index is 503. The molecule has 0 aliphatic carbocycles. The number of amidine groups is 1. The SMILES string of the molecule is [B]CCCOc1c(C(=N)N=CC)cccc1[N+](=O)[O-]. The van der Waals surface area contributed by atoms with Crippen LogP contribution in [-0.4, -0.2) is 31.4 Å². The number of nitro benzene ring substituents is 1. The third kappa shape index (κ3) is 3.91. The minimum Gasteiger partial charge on any atom is -0.486 e. The van der Waals surface area contributed by atoms with Crippen LogP contribution in [0.2, 0.25) is 6.32 Å². The first-order valence-corrected chi connectivity index (χ1v) is 5.79. The summed E-state index contributed by atoms with van der Waals surface area (Å²) in [5, 5.41) is 18.7. The van der Waals surface area contributed by atoms with Crippen molar-refractivity contribution in [1.82, 2.24) is 0 Å². The van der Waals surface area contributed by atoms with E-state index in [9.17, 15) is 10.1 Å². The van der Waals surface area contributed by atoms with Gasteiger partial charge in [0.05, 0.1) is 24.9 Å². The van der Waals surface area contributed by atoms with Gasteiger partial charge in [0.2, 0.25) is 5.75 Å². The number of hydrogen-bond donors (Lipinski definition) is 1. The van der Waals surface area contributed by atoms with E-state index in [1.165, 1.54) is 18.3 Å². The monoisotopic (exact) mass is 259 g/mol. The van der Waals surface area contributed by atoms with Gasteiger partial charge in [-0.15, -0.1) is 0 Å². The lowest BCUT2D eigenvalue weighted by Crippen LogP contribution is -2.06. The van der Waals surface area contributed by atoms with Gasteiger partial charge in [0.25, 0.3) is 0 Å². The highest BCUT2D eigenvalue weighted by Crippen LogP contribution is 2.31. The molecule has 1 rings (SSSR count). The standard InChI is InChI=1S/C12H14BN3O3/c1-2-15-12(14)9-5-3-6-10(16(17)18)11(9)19-8-4-7-13/h2-3,5-6,14H,4,7-8H2,1H3. The van der Waals surface area contributed by atoms with Crippen molar-refractivity contribution in [3.05, 3.63) is 33.9 Å². The molecule has 6 nitrogen and oxygen atoms in total. The van der Waals surface area contributed by atoms with Gasteiger partial charge in [-0.3, -0.25) is 15.5 Å². The molecule has 1 aromatic rings. The molecule has 0 saturated heterocycles. The first-order chi connectivity index (χ1) is 9.11. The van der Waals surface area contributed by atoms with Crippen molar-refractivity contribution < 1.29 is 9.66 Å². The highest BCUT2D eigenvalue weighted by Gasteiger charge is 2.21. The molecular formula is C12H14BN3O3. The summed E-state index contributed by atoms with van der Waals surface area (Å²) in [6, 6.07) is 4.41. The van der Waals surface area contributed by atoms with Crippen LogP contribution < -0.4 is 4.74 Å². The van der Waals surface area contributed by atoms with Crippen LogP contribution >= 0.6 is 0 Å². The van der Waals surface area contributed by atoms with Crippen LogP contribution in [0.3, 0.4) is 0 Å². The van der Waals surface area contributed by atoms with E-state index in [-0.39, 0.29) is 23.9 Å². The van der Waals surface area contributed by atoms with Crippen molar-refractivity contribution in [2.24, 2.45) is 4.99 Å². The zero-order valence-corrected chi connectivity index (χ0v) is 10.6. The zero-order valence-electron chi connectivity index (χ0n) is 10.6. The molecule has 1 aromatic carbocycles. The maximum absolute atomic E-state index is 11.0. The number of rotatable bonds is 6. The van der Waals surface area contributed by atoms with Crippen LogP contribution in [0, 0.1) is 15.5 Å². The minimum atomic E-state index is -0.537. The second-order valence-corrected chi connectivity index (χ2v) is 3.64. The molecule has 0 unspecified atom stereocenters. The van der Waals surface area contributed by atoms with E-state index in [4.69, 9.17) is 18.0 Å². The molecule has 0 spiro atoms. The number of ether oxygens (including phenoxy) is 1. The lowest BCUT2D eigenvalue weighted by Gasteiger charge is -2.10. The molecule has 2 radical (unpaired) electrons. The van der Waals surface area contributed by atoms with Crippen LogP contribution in [0.4, 0.5) is 5.69 Å². The Morgan fingerprint density at radius 3 is 2.95 bits per heavy atom. The average molecular weight is 259 g/mol. The molecule has 0 aliphatic heterocycles. The summed E-state index contributed by atoms with van der Waals surface area (Å²) in [4.78, 5) is 14.3. The average Bonchev–Trinajstić information content (AvgIpc) is 2.39. The summed E-state index contributed by atoms with van der Waals surface area (Å²) in [7, 11) is 5.36. The Morgan fingerprint density at radius 2 is 2.37 bits per heavy atom. The predicted octanol–water partition coefficient (Wildman–Crippen LogP) is 2.37. The summed E-state index contributed by atoms with van der Waals surface area (Å²) in [5.74, 6) is -0.00880. The van der Waals surface area contributed by atoms with Gasteiger partial charge in [0.1, 0.15) is 0 Å². The normalized spacial score (nSPS) is 10.6. The smallest absolute Gasteiger partial charge is 0.311 e.